The molecule has 6 nitrogen and oxygen atoms in total. The molecule has 1 saturated carbocycles. The highest BCUT2D eigenvalue weighted by molar-refractivity contribution is 7.88. The molecule has 1 aliphatic carbocycles. The predicted octanol–water partition coefficient (Wildman–Crippen LogP) is -1.01. The molecule has 1 fully saturated rings. The van der Waals surface area contributed by atoms with Crippen LogP contribution in [0.4, 0.5) is 0 Å². The molecule has 0 heterocycles. The third-order valence-corrected chi connectivity index (χ3v) is 2.94. The van der Waals surface area contributed by atoms with Gasteiger partial charge in [0.25, 0.3) is 0 Å². The van der Waals surface area contributed by atoms with Gasteiger partial charge in [-0.1, -0.05) is 0 Å². The molecule has 7 heteroatoms. The van der Waals surface area contributed by atoms with Crippen LogP contribution in [0.2, 0.25) is 0 Å². The Kier molecular flexibility index (Phi) is 4.06. The van der Waals surface area contributed by atoms with E-state index in [1.807, 2.05) is 0 Å². The van der Waals surface area contributed by atoms with Gasteiger partial charge in [-0.25, -0.2) is 13.1 Å². The Morgan fingerprint density at radius 2 is 2.07 bits per heavy atom. The van der Waals surface area contributed by atoms with Gasteiger partial charge in [-0.3, -0.25) is 4.79 Å². The summed E-state index contributed by atoms with van der Waals surface area (Å²) < 4.78 is 23.7. The van der Waals surface area contributed by atoms with E-state index in [1.165, 1.54) is 0 Å². The van der Waals surface area contributed by atoms with E-state index in [0.717, 1.165) is 19.1 Å². The summed E-state index contributed by atoms with van der Waals surface area (Å²) in [5.74, 6) is -0.655. The van der Waals surface area contributed by atoms with E-state index in [-0.39, 0.29) is 12.5 Å². The highest BCUT2D eigenvalue weighted by atomic mass is 32.2. The van der Waals surface area contributed by atoms with E-state index in [1.54, 1.807) is 0 Å². The fourth-order valence-electron chi connectivity index (χ4n) is 1.35. The van der Waals surface area contributed by atoms with Gasteiger partial charge < -0.3 is 10.4 Å². The second-order valence-electron chi connectivity index (χ2n) is 3.77. The van der Waals surface area contributed by atoms with Crippen molar-refractivity contribution in [1.82, 2.24) is 10.0 Å². The summed E-state index contributed by atoms with van der Waals surface area (Å²) in [4.78, 5) is 10.8. The van der Waals surface area contributed by atoms with E-state index >= 15 is 0 Å². The van der Waals surface area contributed by atoms with Gasteiger partial charge in [-0.05, 0) is 18.8 Å². The molecule has 0 aromatic carbocycles. The Morgan fingerprint density at radius 3 is 2.47 bits per heavy atom. The van der Waals surface area contributed by atoms with Crippen molar-refractivity contribution in [2.75, 3.05) is 19.3 Å². The minimum absolute atomic E-state index is 0.209. The van der Waals surface area contributed by atoms with Crippen LogP contribution in [-0.4, -0.2) is 44.9 Å². The number of nitrogens with one attached hydrogen (secondary N) is 2. The third-order valence-electron chi connectivity index (χ3n) is 2.21. The molecule has 0 amide bonds. The first-order valence-corrected chi connectivity index (χ1v) is 6.70. The van der Waals surface area contributed by atoms with Crippen LogP contribution in [-0.2, 0) is 14.8 Å². The normalized spacial score (nSPS) is 18.7. The lowest BCUT2D eigenvalue weighted by atomic mass is 10.2. The maximum atomic E-state index is 10.8. The first-order chi connectivity index (χ1) is 6.90. The van der Waals surface area contributed by atoms with Crippen LogP contribution in [0, 0.1) is 5.92 Å². The van der Waals surface area contributed by atoms with Crippen LogP contribution in [0.1, 0.15) is 12.8 Å². The number of rotatable bonds is 7. The van der Waals surface area contributed by atoms with Gasteiger partial charge in [0.2, 0.25) is 10.0 Å². The molecule has 88 valence electrons. The molecule has 3 N–H and O–H groups in total. The Labute approximate surface area is 89.1 Å². The summed E-state index contributed by atoms with van der Waals surface area (Å²) >= 11 is 0. The number of carbonyl (C=O) groups is 1. The van der Waals surface area contributed by atoms with Gasteiger partial charge in [-0.15, -0.1) is 0 Å². The van der Waals surface area contributed by atoms with Gasteiger partial charge in [0.1, 0.15) is 6.04 Å². The highest BCUT2D eigenvalue weighted by Crippen LogP contribution is 2.32. The summed E-state index contributed by atoms with van der Waals surface area (Å²) in [6.07, 6.45) is 2.94. The van der Waals surface area contributed by atoms with E-state index in [2.05, 4.69) is 10.0 Å². The minimum Gasteiger partial charge on any atom is -0.480 e. The average Bonchev–Trinajstić information content (AvgIpc) is 2.84. The lowest BCUT2D eigenvalue weighted by molar-refractivity contribution is -0.140. The Balaban J connectivity index is 2.20. The quantitative estimate of drug-likeness (QED) is 0.492. The maximum absolute atomic E-state index is 10.8. The lowest BCUT2D eigenvalue weighted by Gasteiger charge is -2.13. The first kappa shape index (κ1) is 12.4. The van der Waals surface area contributed by atoms with E-state index in [9.17, 15) is 13.2 Å². The molecular formula is C8H16N2O4S. The van der Waals surface area contributed by atoms with Crippen molar-refractivity contribution < 1.29 is 18.3 Å². The summed E-state index contributed by atoms with van der Waals surface area (Å²) in [6.45, 7) is 0.551. The second kappa shape index (κ2) is 4.91. The summed E-state index contributed by atoms with van der Waals surface area (Å²) in [6, 6.07) is -0.536. The largest absolute Gasteiger partial charge is 0.480 e. The van der Waals surface area contributed by atoms with Gasteiger partial charge in [-0.2, -0.15) is 0 Å². The van der Waals surface area contributed by atoms with Crippen LogP contribution in [0.25, 0.3) is 0 Å². The molecule has 0 spiro atoms. The number of aliphatic carboxylic acids is 1. The summed E-state index contributed by atoms with van der Waals surface area (Å²) in [5, 5.41) is 11.7. The first-order valence-electron chi connectivity index (χ1n) is 4.81. The Morgan fingerprint density at radius 1 is 1.47 bits per heavy atom. The van der Waals surface area contributed by atoms with Crippen molar-refractivity contribution in [3.8, 4) is 0 Å². The number of hydrogen-bond acceptors (Lipinski definition) is 4. The van der Waals surface area contributed by atoms with Crippen LogP contribution in [0.15, 0.2) is 0 Å². The Hall–Kier alpha value is -0.660. The zero-order chi connectivity index (χ0) is 11.5. The zero-order valence-electron chi connectivity index (χ0n) is 8.56. The fourth-order valence-corrected chi connectivity index (χ4v) is 1.82. The monoisotopic (exact) mass is 236 g/mol. The van der Waals surface area contributed by atoms with Gasteiger partial charge in [0, 0.05) is 13.1 Å². The lowest BCUT2D eigenvalue weighted by Crippen LogP contribution is -2.42. The molecule has 1 atom stereocenters. The number of sulfonamides is 1. The second-order valence-corrected chi connectivity index (χ2v) is 5.61. The molecule has 15 heavy (non-hydrogen) atoms. The molecule has 0 aromatic heterocycles. The van der Waals surface area contributed by atoms with Gasteiger partial charge in [0.15, 0.2) is 0 Å². The van der Waals surface area contributed by atoms with Crippen molar-refractivity contribution >= 4 is 16.0 Å². The van der Waals surface area contributed by atoms with Crippen molar-refractivity contribution in [3.05, 3.63) is 0 Å². The van der Waals surface area contributed by atoms with Crippen LogP contribution in [0.5, 0.6) is 0 Å². The van der Waals surface area contributed by atoms with Crippen molar-refractivity contribution in [1.29, 1.82) is 0 Å². The summed E-state index contributed by atoms with van der Waals surface area (Å²) in [7, 11) is -3.18. The maximum Gasteiger partial charge on any atom is 0.320 e. The molecule has 0 bridgehead atoms. The van der Waals surface area contributed by atoms with Crippen LogP contribution >= 0.6 is 0 Å². The topological polar surface area (TPSA) is 95.5 Å². The number of hydrogen-bond donors (Lipinski definition) is 3. The minimum atomic E-state index is -3.18. The zero-order valence-corrected chi connectivity index (χ0v) is 9.38. The van der Waals surface area contributed by atoms with Crippen molar-refractivity contribution in [3.63, 3.8) is 0 Å². The Bertz CT molecular complexity index is 324. The molecule has 0 radical (unpaired) electrons. The van der Waals surface area contributed by atoms with E-state index < -0.39 is 22.0 Å². The molecular weight excluding hydrogens is 220 g/mol. The molecule has 1 aliphatic rings. The molecule has 0 aromatic rings. The van der Waals surface area contributed by atoms with Crippen LogP contribution in [0.3, 0.4) is 0 Å². The van der Waals surface area contributed by atoms with Crippen molar-refractivity contribution in [2.24, 2.45) is 5.92 Å². The predicted molar refractivity (Wildman–Crippen MR) is 55.0 cm³/mol. The molecule has 1 rings (SSSR count). The van der Waals surface area contributed by atoms with Gasteiger partial charge in [0.05, 0.1) is 6.26 Å². The third kappa shape index (κ3) is 5.10. The smallest absolute Gasteiger partial charge is 0.320 e. The SMILES string of the molecule is CS(=O)(=O)NCCNC(C(=O)O)C1CC1. The number of carboxylic acids is 1. The van der Waals surface area contributed by atoms with Crippen LogP contribution < -0.4 is 10.0 Å². The highest BCUT2D eigenvalue weighted by Gasteiger charge is 2.35. The fraction of sp³-hybridized carbons (Fsp3) is 0.875. The van der Waals surface area contributed by atoms with Gasteiger partial charge >= 0.3 is 5.97 Å². The standard InChI is InChI=1S/C8H16N2O4S/c1-15(13,14)10-5-4-9-7(8(11)12)6-2-3-6/h6-7,9-10H,2-5H2,1H3,(H,11,12). The van der Waals surface area contributed by atoms with E-state index in [4.69, 9.17) is 5.11 Å². The molecule has 0 aliphatic heterocycles. The molecule has 1 unspecified atom stereocenters. The van der Waals surface area contributed by atoms with Crippen molar-refractivity contribution in [2.45, 2.75) is 18.9 Å². The molecule has 0 saturated heterocycles. The number of carboxylic acid groups (broad SMARTS) is 1. The van der Waals surface area contributed by atoms with E-state index in [0.29, 0.717) is 6.54 Å². The summed E-state index contributed by atoms with van der Waals surface area (Å²) in [5.41, 5.74) is 0. The average molecular weight is 236 g/mol.